The number of hydrogen-bond donors (Lipinski definition) is 2. The second-order valence-electron chi connectivity index (χ2n) is 5.53. The SMILES string of the molecule is N[C@H](Cc1sc2c(NCc3cccs3)snc2c1Cl)[C@@H]1CCO1. The van der Waals surface area contributed by atoms with Gasteiger partial charge in [0.05, 0.1) is 22.4 Å². The van der Waals surface area contributed by atoms with Gasteiger partial charge in [0.2, 0.25) is 0 Å². The van der Waals surface area contributed by atoms with Crippen molar-refractivity contribution >= 4 is 61.0 Å². The van der Waals surface area contributed by atoms with Crippen molar-refractivity contribution in [2.75, 3.05) is 11.9 Å². The summed E-state index contributed by atoms with van der Waals surface area (Å²) in [5, 5.41) is 7.39. The van der Waals surface area contributed by atoms with Crippen LogP contribution in [0.3, 0.4) is 0 Å². The summed E-state index contributed by atoms with van der Waals surface area (Å²) in [6.07, 6.45) is 1.97. The molecule has 4 heterocycles. The standard InChI is InChI=1S/C15H16ClN3OS3/c16-12-11(6-9(17)10-3-4-20-10)22-14-13(12)19-23-15(14)18-7-8-2-1-5-21-8/h1-2,5,9-10,18H,3-4,6-7,17H2/t9-,10+/m1/s1. The van der Waals surface area contributed by atoms with E-state index in [1.165, 1.54) is 16.4 Å². The van der Waals surface area contributed by atoms with Gasteiger partial charge in [-0.1, -0.05) is 17.7 Å². The van der Waals surface area contributed by atoms with Crippen molar-refractivity contribution in [1.82, 2.24) is 4.37 Å². The van der Waals surface area contributed by atoms with Gasteiger partial charge in [0.25, 0.3) is 0 Å². The molecule has 0 spiro atoms. The summed E-state index contributed by atoms with van der Waals surface area (Å²) in [6, 6.07) is 4.20. The Labute approximate surface area is 151 Å². The zero-order valence-electron chi connectivity index (χ0n) is 12.3. The Morgan fingerprint density at radius 1 is 1.52 bits per heavy atom. The van der Waals surface area contributed by atoms with Crippen molar-refractivity contribution in [2.24, 2.45) is 5.73 Å². The monoisotopic (exact) mass is 385 g/mol. The lowest BCUT2D eigenvalue weighted by atomic mass is 10.0. The molecule has 0 aliphatic carbocycles. The molecule has 3 aromatic heterocycles. The predicted octanol–water partition coefficient (Wildman–Crippen LogP) is 4.34. The first-order chi connectivity index (χ1) is 11.2. The number of aromatic nitrogens is 1. The highest BCUT2D eigenvalue weighted by atomic mass is 35.5. The lowest BCUT2D eigenvalue weighted by Gasteiger charge is -2.31. The number of fused-ring (bicyclic) bond motifs is 1. The first-order valence-corrected chi connectivity index (χ1v) is 10.3. The molecule has 8 heteroatoms. The second-order valence-corrected chi connectivity index (χ2v) is 8.82. The van der Waals surface area contributed by atoms with Gasteiger partial charge in [-0.3, -0.25) is 0 Å². The van der Waals surface area contributed by atoms with Crippen molar-refractivity contribution in [3.8, 4) is 0 Å². The molecule has 0 amide bonds. The van der Waals surface area contributed by atoms with Gasteiger partial charge in [-0.2, -0.15) is 4.37 Å². The lowest BCUT2D eigenvalue weighted by molar-refractivity contribution is -0.0640. The zero-order valence-corrected chi connectivity index (χ0v) is 15.5. The fourth-order valence-corrected chi connectivity index (χ4v) is 5.75. The van der Waals surface area contributed by atoms with E-state index in [2.05, 4.69) is 27.2 Å². The number of halogens is 1. The Morgan fingerprint density at radius 3 is 3.09 bits per heavy atom. The third-order valence-corrected chi connectivity index (χ3v) is 7.51. The molecule has 1 aliphatic rings. The van der Waals surface area contributed by atoms with Crippen molar-refractivity contribution in [3.63, 3.8) is 0 Å². The van der Waals surface area contributed by atoms with Gasteiger partial charge in [0, 0.05) is 28.8 Å². The maximum Gasteiger partial charge on any atom is 0.127 e. The van der Waals surface area contributed by atoms with Gasteiger partial charge in [-0.15, -0.1) is 22.7 Å². The average molecular weight is 386 g/mol. The molecule has 0 unspecified atom stereocenters. The Morgan fingerprint density at radius 2 is 2.39 bits per heavy atom. The minimum absolute atomic E-state index is 0.00945. The van der Waals surface area contributed by atoms with Crippen LogP contribution in [0.4, 0.5) is 5.00 Å². The first kappa shape index (κ1) is 15.8. The molecule has 4 nitrogen and oxygen atoms in total. The molecule has 1 saturated heterocycles. The van der Waals surface area contributed by atoms with Crippen LogP contribution in [-0.4, -0.2) is 23.1 Å². The Kier molecular flexibility index (Phi) is 4.58. The number of nitrogens with two attached hydrogens (primary N) is 1. The average Bonchev–Trinajstić information content (AvgIpc) is 3.16. The fraction of sp³-hybridized carbons (Fsp3) is 0.400. The normalized spacial score (nSPS) is 19.0. The van der Waals surface area contributed by atoms with Gasteiger partial charge in [-0.25, -0.2) is 0 Å². The third-order valence-electron chi connectivity index (χ3n) is 3.96. The summed E-state index contributed by atoms with van der Waals surface area (Å²) in [5.41, 5.74) is 7.12. The van der Waals surface area contributed by atoms with Crippen LogP contribution in [0.15, 0.2) is 17.5 Å². The van der Waals surface area contributed by atoms with Gasteiger partial charge in [-0.05, 0) is 29.4 Å². The zero-order chi connectivity index (χ0) is 15.8. The van der Waals surface area contributed by atoms with Crippen molar-refractivity contribution in [1.29, 1.82) is 0 Å². The maximum absolute atomic E-state index is 6.51. The van der Waals surface area contributed by atoms with E-state index in [1.54, 1.807) is 22.7 Å². The lowest BCUT2D eigenvalue weighted by Crippen LogP contribution is -2.45. The van der Waals surface area contributed by atoms with Gasteiger partial charge >= 0.3 is 0 Å². The number of ether oxygens (including phenoxy) is 1. The van der Waals surface area contributed by atoms with Crippen molar-refractivity contribution in [2.45, 2.75) is 31.5 Å². The summed E-state index contributed by atoms with van der Waals surface area (Å²) in [7, 11) is 0. The molecular weight excluding hydrogens is 370 g/mol. The quantitative estimate of drug-likeness (QED) is 0.662. The Hall–Kier alpha value is -0.700. The summed E-state index contributed by atoms with van der Waals surface area (Å²) in [6.45, 7) is 1.64. The number of rotatable bonds is 6. The van der Waals surface area contributed by atoms with E-state index in [4.69, 9.17) is 22.1 Å². The molecule has 0 radical (unpaired) electrons. The molecule has 122 valence electrons. The summed E-state index contributed by atoms with van der Waals surface area (Å²) < 4.78 is 11.1. The van der Waals surface area contributed by atoms with Crippen LogP contribution in [0, 0.1) is 0 Å². The number of thiophene rings is 2. The molecule has 0 aromatic carbocycles. The van der Waals surface area contributed by atoms with E-state index in [1.807, 2.05) is 0 Å². The minimum Gasteiger partial charge on any atom is -0.376 e. The van der Waals surface area contributed by atoms with Crippen molar-refractivity contribution < 1.29 is 4.74 Å². The molecule has 0 bridgehead atoms. The topological polar surface area (TPSA) is 60.2 Å². The highest BCUT2D eigenvalue weighted by Gasteiger charge is 2.27. The highest BCUT2D eigenvalue weighted by Crippen LogP contribution is 2.42. The number of nitrogens with zero attached hydrogens (tertiary/aromatic N) is 1. The van der Waals surface area contributed by atoms with Gasteiger partial charge < -0.3 is 15.8 Å². The molecule has 1 aliphatic heterocycles. The van der Waals surface area contributed by atoms with Crippen LogP contribution in [-0.2, 0) is 17.7 Å². The van der Waals surface area contributed by atoms with E-state index < -0.39 is 0 Å². The molecule has 23 heavy (non-hydrogen) atoms. The number of nitrogens with one attached hydrogen (secondary N) is 1. The Bertz CT molecular complexity index is 794. The fourth-order valence-electron chi connectivity index (χ4n) is 2.58. The largest absolute Gasteiger partial charge is 0.376 e. The van der Waals surface area contributed by atoms with Gasteiger partial charge in [0.1, 0.15) is 10.5 Å². The molecule has 0 saturated carbocycles. The molecular formula is C15H16ClN3OS3. The molecule has 3 aromatic rings. The number of hydrogen-bond acceptors (Lipinski definition) is 7. The van der Waals surface area contributed by atoms with E-state index in [9.17, 15) is 0 Å². The van der Waals surface area contributed by atoms with Crippen LogP contribution in [0.5, 0.6) is 0 Å². The van der Waals surface area contributed by atoms with Crippen LogP contribution in [0.1, 0.15) is 16.2 Å². The molecule has 3 N–H and O–H groups in total. The summed E-state index contributed by atoms with van der Waals surface area (Å²) in [5.74, 6) is 0. The Balaban J connectivity index is 1.52. The van der Waals surface area contributed by atoms with E-state index in [0.717, 1.165) is 51.1 Å². The second kappa shape index (κ2) is 6.66. The van der Waals surface area contributed by atoms with Crippen LogP contribution in [0.2, 0.25) is 5.02 Å². The summed E-state index contributed by atoms with van der Waals surface area (Å²) in [4.78, 5) is 2.41. The highest BCUT2D eigenvalue weighted by molar-refractivity contribution is 7.25. The first-order valence-electron chi connectivity index (χ1n) is 7.42. The van der Waals surface area contributed by atoms with Crippen molar-refractivity contribution in [3.05, 3.63) is 32.3 Å². The molecule has 4 rings (SSSR count). The minimum atomic E-state index is 0.00945. The summed E-state index contributed by atoms with van der Waals surface area (Å²) >= 11 is 11.4. The van der Waals surface area contributed by atoms with Gasteiger partial charge in [0.15, 0.2) is 0 Å². The smallest absolute Gasteiger partial charge is 0.127 e. The van der Waals surface area contributed by atoms with E-state index in [0.29, 0.717) is 0 Å². The van der Waals surface area contributed by atoms with Crippen LogP contribution >= 0.6 is 45.8 Å². The molecule has 1 fully saturated rings. The predicted molar refractivity (Wildman–Crippen MR) is 100 cm³/mol. The molecule has 2 atom stereocenters. The van der Waals surface area contributed by atoms with Crippen LogP contribution < -0.4 is 11.1 Å². The number of anilines is 1. The van der Waals surface area contributed by atoms with E-state index >= 15 is 0 Å². The third kappa shape index (κ3) is 3.14. The van der Waals surface area contributed by atoms with Crippen LogP contribution in [0.25, 0.3) is 10.2 Å². The van der Waals surface area contributed by atoms with E-state index in [-0.39, 0.29) is 12.1 Å². The maximum atomic E-state index is 6.51.